The molecule has 4 aromatic heterocycles. The van der Waals surface area contributed by atoms with Crippen molar-refractivity contribution < 1.29 is 27.2 Å². The molecule has 61 heavy (non-hydrogen) atoms. The average Bonchev–Trinajstić information content (AvgIpc) is 3.94. The molecule has 0 saturated heterocycles. The fraction of sp³-hybridized carbons (Fsp3) is 0.0476. The summed E-state index contributed by atoms with van der Waals surface area (Å²) in [5.74, 6) is 0.225. The first-order valence-electron chi connectivity index (χ1n) is 17.7. The maximum Gasteiger partial charge on any atom is 0.417 e. The van der Waals surface area contributed by atoms with Crippen molar-refractivity contribution in [1.29, 1.82) is 0 Å². The van der Waals surface area contributed by atoms with Gasteiger partial charge in [0.05, 0.1) is 64.5 Å². The number of anilines is 2. The quantitative estimate of drug-likeness (QED) is 0.121. The first-order valence-corrected chi connectivity index (χ1v) is 20.1. The van der Waals surface area contributed by atoms with Crippen molar-refractivity contribution in [3.8, 4) is 22.8 Å². The number of aryl methyl sites for hydroxylation is 1. The fourth-order valence-corrected chi connectivity index (χ4v) is 8.08. The lowest BCUT2D eigenvalue weighted by Crippen LogP contribution is -2.13. The standard InChI is InChI=1S/C24H12Cl2F3N3O3.C18H12Cl2N4OS/c25-15-2-1-3-16(26)21(15)22-31-17-7-4-11(8-18(17)32-22)23(34)30-12-5-6-13-14(24(27,28)29)10-20(33)35-19(13)9-12;1-9-8-26-18(21-9)24-17(25)10-5-6-13-14(7-10)23-16(22-13)15-11(19)3-2-4-12(15)20/h1-10H,(H,30,34)(H,31,32);2-8H,1H3,(H,22,23)(H,21,24,25). The second-order valence-corrected chi connectivity index (χ2v) is 15.7. The van der Waals surface area contributed by atoms with Gasteiger partial charge in [-0.25, -0.2) is 19.7 Å². The lowest BCUT2D eigenvalue weighted by atomic mass is 10.1. The molecule has 0 bridgehead atoms. The fourth-order valence-electron chi connectivity index (χ4n) is 6.25. The van der Waals surface area contributed by atoms with Crippen molar-refractivity contribution in [2.45, 2.75) is 13.1 Å². The van der Waals surface area contributed by atoms with Gasteiger partial charge in [0.2, 0.25) is 0 Å². The van der Waals surface area contributed by atoms with E-state index in [-0.39, 0.29) is 28.1 Å². The Balaban J connectivity index is 0.000000176. The summed E-state index contributed by atoms with van der Waals surface area (Å²) in [6.45, 7) is 1.88. The highest BCUT2D eigenvalue weighted by molar-refractivity contribution is 7.14. The summed E-state index contributed by atoms with van der Waals surface area (Å²) in [6, 6.07) is 24.3. The van der Waals surface area contributed by atoms with Crippen LogP contribution in [-0.4, -0.2) is 36.7 Å². The van der Waals surface area contributed by atoms with Gasteiger partial charge in [0.25, 0.3) is 11.8 Å². The van der Waals surface area contributed by atoms with Crippen molar-refractivity contribution in [1.82, 2.24) is 24.9 Å². The number of hydrogen-bond acceptors (Lipinski definition) is 8. The zero-order valence-corrected chi connectivity index (χ0v) is 34.7. The summed E-state index contributed by atoms with van der Waals surface area (Å²) in [5.41, 5.74) is 2.94. The Bertz CT molecular complexity index is 3210. The highest BCUT2D eigenvalue weighted by Crippen LogP contribution is 2.37. The molecule has 0 spiro atoms. The number of H-pyrrole nitrogens is 2. The number of carbonyl (C=O) groups is 2. The minimum absolute atomic E-state index is 0.151. The third-order valence-electron chi connectivity index (χ3n) is 9.03. The summed E-state index contributed by atoms with van der Waals surface area (Å²) in [6.07, 6.45) is -4.73. The SMILES string of the molecule is Cc1csc(NC(=O)c2ccc3nc(-c4c(Cl)cccc4Cl)[nH]c3c2)n1.O=C(Nc1ccc2c(C(F)(F)F)cc(=O)oc2c1)c1ccc2nc(-c3c(Cl)cccc3Cl)[nH]c2c1. The van der Waals surface area contributed by atoms with E-state index in [0.29, 0.717) is 70.7 Å². The Labute approximate surface area is 365 Å². The van der Waals surface area contributed by atoms with E-state index in [2.05, 4.69) is 35.6 Å². The number of nitrogens with zero attached hydrogens (tertiary/aromatic N) is 3. The Morgan fingerprint density at radius 3 is 1.70 bits per heavy atom. The summed E-state index contributed by atoms with van der Waals surface area (Å²) in [4.78, 5) is 56.3. The molecule has 9 rings (SSSR count). The van der Waals surface area contributed by atoms with Gasteiger partial charge in [0.1, 0.15) is 17.2 Å². The number of alkyl halides is 3. The van der Waals surface area contributed by atoms with Crippen LogP contribution < -0.4 is 16.3 Å². The largest absolute Gasteiger partial charge is 0.423 e. The van der Waals surface area contributed by atoms with E-state index in [4.69, 9.17) is 50.8 Å². The molecule has 0 radical (unpaired) electrons. The Morgan fingerprint density at radius 2 is 1.21 bits per heavy atom. The number of carbonyl (C=O) groups excluding carboxylic acids is 2. The monoisotopic (exact) mass is 919 g/mol. The number of rotatable bonds is 6. The third kappa shape index (κ3) is 8.83. The molecular weight excluding hydrogens is 897 g/mol. The van der Waals surface area contributed by atoms with Gasteiger partial charge in [-0.1, -0.05) is 58.5 Å². The summed E-state index contributed by atoms with van der Waals surface area (Å²) in [5, 5.41) is 9.38. The predicted molar refractivity (Wildman–Crippen MR) is 233 cm³/mol. The summed E-state index contributed by atoms with van der Waals surface area (Å²) >= 11 is 26.4. The molecule has 0 aliphatic carbocycles. The van der Waals surface area contributed by atoms with Gasteiger partial charge >= 0.3 is 11.8 Å². The highest BCUT2D eigenvalue weighted by atomic mass is 35.5. The van der Waals surface area contributed by atoms with Gasteiger partial charge in [-0.05, 0) is 79.7 Å². The first-order chi connectivity index (χ1) is 29.1. The topological polar surface area (TPSA) is 159 Å². The van der Waals surface area contributed by atoms with Crippen molar-refractivity contribution in [3.63, 3.8) is 0 Å². The van der Waals surface area contributed by atoms with Crippen LogP contribution in [0.4, 0.5) is 24.0 Å². The number of halogens is 7. The number of thiazole rings is 1. The van der Waals surface area contributed by atoms with E-state index >= 15 is 0 Å². The number of fused-ring (bicyclic) bond motifs is 3. The zero-order valence-electron chi connectivity index (χ0n) is 30.8. The Kier molecular flexibility index (Phi) is 11.3. The molecule has 2 amide bonds. The normalized spacial score (nSPS) is 11.5. The third-order valence-corrected chi connectivity index (χ3v) is 11.2. The molecule has 4 N–H and O–H groups in total. The Morgan fingerprint density at radius 1 is 0.689 bits per heavy atom. The molecule has 5 aromatic carbocycles. The second-order valence-electron chi connectivity index (χ2n) is 13.2. The van der Waals surface area contributed by atoms with Crippen LogP contribution in [0.3, 0.4) is 0 Å². The van der Waals surface area contributed by atoms with Gasteiger partial charge < -0.3 is 19.7 Å². The number of nitrogens with one attached hydrogen (secondary N) is 4. The molecule has 0 aliphatic rings. The average molecular weight is 922 g/mol. The molecule has 11 nitrogen and oxygen atoms in total. The lowest BCUT2D eigenvalue weighted by molar-refractivity contribution is -0.136. The number of imidazole rings is 2. The number of amides is 2. The van der Waals surface area contributed by atoms with Gasteiger partial charge in [-0.15, -0.1) is 11.3 Å². The van der Waals surface area contributed by atoms with E-state index in [0.717, 1.165) is 28.9 Å². The van der Waals surface area contributed by atoms with Gasteiger partial charge in [0.15, 0.2) is 5.13 Å². The second kappa shape index (κ2) is 16.7. The van der Waals surface area contributed by atoms with Crippen LogP contribution in [0, 0.1) is 6.92 Å². The minimum Gasteiger partial charge on any atom is -0.423 e. The van der Waals surface area contributed by atoms with Crippen LogP contribution in [0.25, 0.3) is 55.8 Å². The molecule has 0 atom stereocenters. The molecule has 0 saturated carbocycles. The molecule has 0 fully saturated rings. The maximum atomic E-state index is 13.2. The smallest absolute Gasteiger partial charge is 0.417 e. The highest BCUT2D eigenvalue weighted by Gasteiger charge is 2.34. The maximum absolute atomic E-state index is 13.2. The van der Waals surface area contributed by atoms with Crippen LogP contribution in [0.1, 0.15) is 32.0 Å². The molecule has 306 valence electrons. The van der Waals surface area contributed by atoms with Gasteiger partial charge in [-0.3, -0.25) is 14.9 Å². The Hall–Kier alpha value is -6.23. The molecule has 4 heterocycles. The number of aromatic nitrogens is 5. The molecule has 0 unspecified atom stereocenters. The van der Waals surface area contributed by atoms with Crippen LogP contribution >= 0.6 is 57.7 Å². The number of hydrogen-bond donors (Lipinski definition) is 4. The molecule has 9 aromatic rings. The van der Waals surface area contributed by atoms with E-state index < -0.39 is 23.3 Å². The summed E-state index contributed by atoms with van der Waals surface area (Å²) in [7, 11) is 0. The van der Waals surface area contributed by atoms with Crippen LogP contribution in [-0.2, 0) is 6.18 Å². The van der Waals surface area contributed by atoms with Crippen LogP contribution in [0.15, 0.2) is 112 Å². The van der Waals surface area contributed by atoms with Crippen molar-refractivity contribution in [3.05, 3.63) is 155 Å². The predicted octanol–water partition coefficient (Wildman–Crippen LogP) is 12.5. The van der Waals surface area contributed by atoms with E-state index in [1.54, 1.807) is 72.8 Å². The van der Waals surface area contributed by atoms with E-state index in [1.807, 2.05) is 12.3 Å². The van der Waals surface area contributed by atoms with Crippen LogP contribution in [0.5, 0.6) is 0 Å². The summed E-state index contributed by atoms with van der Waals surface area (Å²) < 4.78 is 44.6. The number of benzene rings is 5. The van der Waals surface area contributed by atoms with E-state index in [9.17, 15) is 27.6 Å². The number of aromatic amines is 2. The minimum atomic E-state index is -4.73. The molecule has 0 aliphatic heterocycles. The molecular formula is C42H24Cl4F3N7O4S. The van der Waals surface area contributed by atoms with Crippen molar-refractivity contribution in [2.24, 2.45) is 0 Å². The zero-order chi connectivity index (χ0) is 43.2. The van der Waals surface area contributed by atoms with Crippen molar-refractivity contribution >= 4 is 113 Å². The first kappa shape index (κ1) is 41.5. The van der Waals surface area contributed by atoms with Gasteiger partial charge in [0, 0.05) is 39.7 Å². The van der Waals surface area contributed by atoms with E-state index in [1.165, 1.54) is 17.4 Å². The molecule has 19 heteroatoms. The lowest BCUT2D eigenvalue weighted by Gasteiger charge is -2.10. The van der Waals surface area contributed by atoms with Gasteiger partial charge in [-0.2, -0.15) is 13.2 Å². The van der Waals surface area contributed by atoms with Crippen molar-refractivity contribution in [2.75, 3.05) is 10.6 Å². The van der Waals surface area contributed by atoms with Crippen LogP contribution in [0.2, 0.25) is 20.1 Å².